The number of benzene rings is 3. The SMILES string of the molecule is C[C@H](c1ccc(/C=C/c2ccccc2)cc1)[C@@H](O)c1ccccc1. The third-order valence-electron chi connectivity index (χ3n) is 4.34. The average Bonchev–Trinajstić information content (AvgIpc) is 2.67. The summed E-state index contributed by atoms with van der Waals surface area (Å²) in [6, 6.07) is 28.5. The molecule has 0 saturated carbocycles. The van der Waals surface area contributed by atoms with Crippen LogP contribution in [0.2, 0.25) is 0 Å². The lowest BCUT2D eigenvalue weighted by atomic mass is 9.90. The van der Waals surface area contributed by atoms with E-state index >= 15 is 0 Å². The molecule has 120 valence electrons. The Morgan fingerprint density at radius 1 is 0.625 bits per heavy atom. The summed E-state index contributed by atoms with van der Waals surface area (Å²) in [6.07, 6.45) is 3.73. The minimum atomic E-state index is -0.489. The molecular formula is C23H22O. The van der Waals surface area contributed by atoms with Crippen molar-refractivity contribution >= 4 is 12.2 Å². The fourth-order valence-corrected chi connectivity index (χ4v) is 2.79. The van der Waals surface area contributed by atoms with E-state index in [1.165, 1.54) is 5.56 Å². The van der Waals surface area contributed by atoms with Gasteiger partial charge in [0.25, 0.3) is 0 Å². The van der Waals surface area contributed by atoms with Crippen molar-refractivity contribution in [3.8, 4) is 0 Å². The lowest BCUT2D eigenvalue weighted by Gasteiger charge is -2.19. The minimum absolute atomic E-state index is 0.0551. The molecule has 1 N–H and O–H groups in total. The smallest absolute Gasteiger partial charge is 0.0855 e. The van der Waals surface area contributed by atoms with Crippen LogP contribution < -0.4 is 0 Å². The molecule has 0 radical (unpaired) electrons. The van der Waals surface area contributed by atoms with Gasteiger partial charge in [-0.25, -0.2) is 0 Å². The van der Waals surface area contributed by atoms with E-state index in [1.54, 1.807) is 0 Å². The van der Waals surface area contributed by atoms with Gasteiger partial charge in [0.2, 0.25) is 0 Å². The molecule has 0 amide bonds. The van der Waals surface area contributed by atoms with E-state index in [1.807, 2.05) is 48.5 Å². The van der Waals surface area contributed by atoms with Gasteiger partial charge >= 0.3 is 0 Å². The normalized spacial score (nSPS) is 13.8. The summed E-state index contributed by atoms with van der Waals surface area (Å²) >= 11 is 0. The van der Waals surface area contributed by atoms with Crippen LogP contribution in [0.1, 0.15) is 41.2 Å². The highest BCUT2D eigenvalue weighted by atomic mass is 16.3. The van der Waals surface area contributed by atoms with E-state index in [4.69, 9.17) is 0 Å². The Labute approximate surface area is 143 Å². The molecule has 0 aliphatic rings. The summed E-state index contributed by atoms with van der Waals surface area (Å²) in [5.74, 6) is 0.0551. The molecule has 3 aromatic rings. The maximum atomic E-state index is 10.5. The van der Waals surface area contributed by atoms with Crippen LogP contribution in [0.3, 0.4) is 0 Å². The van der Waals surface area contributed by atoms with Crippen molar-refractivity contribution in [3.63, 3.8) is 0 Å². The second kappa shape index (κ2) is 7.76. The topological polar surface area (TPSA) is 20.2 Å². The Morgan fingerprint density at radius 2 is 1.12 bits per heavy atom. The molecule has 0 aromatic heterocycles. The summed E-state index contributed by atoms with van der Waals surface area (Å²) in [4.78, 5) is 0. The highest BCUT2D eigenvalue weighted by Crippen LogP contribution is 2.30. The molecule has 2 atom stereocenters. The first kappa shape index (κ1) is 16.2. The van der Waals surface area contributed by atoms with Crippen LogP contribution in [0.5, 0.6) is 0 Å². The van der Waals surface area contributed by atoms with Crippen molar-refractivity contribution < 1.29 is 5.11 Å². The molecular weight excluding hydrogens is 292 g/mol. The van der Waals surface area contributed by atoms with E-state index in [9.17, 15) is 5.11 Å². The Morgan fingerprint density at radius 3 is 1.71 bits per heavy atom. The predicted molar refractivity (Wildman–Crippen MR) is 102 cm³/mol. The van der Waals surface area contributed by atoms with Gasteiger partial charge in [-0.15, -0.1) is 0 Å². The van der Waals surface area contributed by atoms with Crippen molar-refractivity contribution in [1.29, 1.82) is 0 Å². The van der Waals surface area contributed by atoms with E-state index < -0.39 is 6.10 Å². The molecule has 0 aliphatic carbocycles. The van der Waals surface area contributed by atoms with Crippen LogP contribution in [0, 0.1) is 0 Å². The van der Waals surface area contributed by atoms with Gasteiger partial charge in [-0.2, -0.15) is 0 Å². The highest BCUT2D eigenvalue weighted by Gasteiger charge is 2.17. The van der Waals surface area contributed by atoms with Crippen molar-refractivity contribution in [2.45, 2.75) is 18.9 Å². The number of hydrogen-bond donors (Lipinski definition) is 1. The van der Waals surface area contributed by atoms with Crippen LogP contribution in [0.4, 0.5) is 0 Å². The molecule has 3 rings (SSSR count). The molecule has 0 saturated heterocycles. The highest BCUT2D eigenvalue weighted by molar-refractivity contribution is 5.69. The second-order valence-electron chi connectivity index (χ2n) is 6.05. The molecule has 1 nitrogen and oxygen atoms in total. The Hall–Kier alpha value is -2.64. The first-order valence-electron chi connectivity index (χ1n) is 8.30. The maximum Gasteiger partial charge on any atom is 0.0855 e. The summed E-state index contributed by atoms with van der Waals surface area (Å²) < 4.78 is 0. The second-order valence-corrected chi connectivity index (χ2v) is 6.05. The third kappa shape index (κ3) is 4.01. The fraction of sp³-hybridized carbons (Fsp3) is 0.130. The number of rotatable bonds is 5. The molecule has 0 bridgehead atoms. The molecule has 0 unspecified atom stereocenters. The number of aliphatic hydroxyl groups is 1. The van der Waals surface area contributed by atoms with Gasteiger partial charge in [0, 0.05) is 5.92 Å². The molecule has 24 heavy (non-hydrogen) atoms. The van der Waals surface area contributed by atoms with Crippen molar-refractivity contribution in [2.24, 2.45) is 0 Å². The lowest BCUT2D eigenvalue weighted by molar-refractivity contribution is 0.151. The number of hydrogen-bond acceptors (Lipinski definition) is 1. The van der Waals surface area contributed by atoms with Crippen LogP contribution in [0.15, 0.2) is 84.9 Å². The minimum Gasteiger partial charge on any atom is -0.388 e. The van der Waals surface area contributed by atoms with Crippen LogP contribution in [0.25, 0.3) is 12.2 Å². The van der Waals surface area contributed by atoms with Gasteiger partial charge < -0.3 is 5.11 Å². The predicted octanol–water partition coefficient (Wildman–Crippen LogP) is 5.69. The standard InChI is InChI=1S/C23H22O/c1-18(23(24)22-10-6-3-7-11-22)21-16-14-20(15-17-21)13-12-19-8-4-2-5-9-19/h2-18,23-24H,1H3/b13-12+/t18-,23-/m1/s1. The van der Waals surface area contributed by atoms with Gasteiger partial charge in [-0.3, -0.25) is 0 Å². The monoisotopic (exact) mass is 314 g/mol. The molecule has 3 aromatic carbocycles. The largest absolute Gasteiger partial charge is 0.388 e. The molecule has 0 aliphatic heterocycles. The van der Waals surface area contributed by atoms with Crippen LogP contribution in [-0.2, 0) is 0 Å². The first-order valence-corrected chi connectivity index (χ1v) is 8.30. The van der Waals surface area contributed by atoms with E-state index in [0.29, 0.717) is 0 Å². The van der Waals surface area contributed by atoms with Gasteiger partial charge in [-0.05, 0) is 22.3 Å². The lowest BCUT2D eigenvalue weighted by Crippen LogP contribution is -2.07. The number of aliphatic hydroxyl groups excluding tert-OH is 1. The van der Waals surface area contributed by atoms with Crippen molar-refractivity contribution in [1.82, 2.24) is 0 Å². The summed E-state index contributed by atoms with van der Waals surface area (Å²) in [5, 5.41) is 10.5. The molecule has 0 spiro atoms. The quantitative estimate of drug-likeness (QED) is 0.599. The Balaban J connectivity index is 1.71. The zero-order chi connectivity index (χ0) is 16.8. The van der Waals surface area contributed by atoms with E-state index in [-0.39, 0.29) is 5.92 Å². The Kier molecular flexibility index (Phi) is 5.25. The van der Waals surface area contributed by atoms with Crippen molar-refractivity contribution in [2.75, 3.05) is 0 Å². The third-order valence-corrected chi connectivity index (χ3v) is 4.34. The van der Waals surface area contributed by atoms with Crippen LogP contribution in [-0.4, -0.2) is 5.11 Å². The summed E-state index contributed by atoms with van der Waals surface area (Å²) in [5.41, 5.74) is 4.44. The zero-order valence-corrected chi connectivity index (χ0v) is 13.8. The Bertz CT molecular complexity index is 773. The average molecular weight is 314 g/mol. The fourth-order valence-electron chi connectivity index (χ4n) is 2.79. The molecule has 0 fully saturated rings. The van der Waals surface area contributed by atoms with Gasteiger partial charge in [0.15, 0.2) is 0 Å². The maximum absolute atomic E-state index is 10.5. The zero-order valence-electron chi connectivity index (χ0n) is 13.8. The van der Waals surface area contributed by atoms with E-state index in [2.05, 4.69) is 55.5 Å². The van der Waals surface area contributed by atoms with E-state index in [0.717, 1.165) is 16.7 Å². The van der Waals surface area contributed by atoms with Crippen LogP contribution >= 0.6 is 0 Å². The molecule has 0 heterocycles. The van der Waals surface area contributed by atoms with Crippen molar-refractivity contribution in [3.05, 3.63) is 107 Å². The summed E-state index contributed by atoms with van der Waals surface area (Å²) in [6.45, 7) is 2.06. The van der Waals surface area contributed by atoms with Gasteiger partial charge in [-0.1, -0.05) is 104 Å². The molecule has 1 heteroatoms. The van der Waals surface area contributed by atoms with Gasteiger partial charge in [0.05, 0.1) is 6.10 Å². The summed E-state index contributed by atoms with van der Waals surface area (Å²) in [7, 11) is 0. The van der Waals surface area contributed by atoms with Gasteiger partial charge in [0.1, 0.15) is 0 Å². The first-order chi connectivity index (χ1) is 11.7.